The molecule has 1 aromatic heterocycles. The first-order chi connectivity index (χ1) is 10.3. The summed E-state index contributed by atoms with van der Waals surface area (Å²) >= 11 is 0. The predicted molar refractivity (Wildman–Crippen MR) is 86.1 cm³/mol. The molecule has 1 aliphatic heterocycles. The van der Waals surface area contributed by atoms with Gasteiger partial charge in [0.05, 0.1) is 5.52 Å². The van der Waals surface area contributed by atoms with Crippen molar-refractivity contribution in [3.05, 3.63) is 24.3 Å². The minimum atomic E-state index is 0.442. The second-order valence-electron chi connectivity index (χ2n) is 5.49. The van der Waals surface area contributed by atoms with Crippen LogP contribution in [0.1, 0.15) is 13.3 Å². The molecule has 1 fully saturated rings. The number of hydrogen-bond donors (Lipinski definition) is 3. The van der Waals surface area contributed by atoms with E-state index in [1.54, 1.807) is 0 Å². The zero-order valence-electron chi connectivity index (χ0n) is 12.3. The highest BCUT2D eigenvalue weighted by Crippen LogP contribution is 2.23. The summed E-state index contributed by atoms with van der Waals surface area (Å²) < 4.78 is 0. The van der Waals surface area contributed by atoms with Gasteiger partial charge in [-0.2, -0.15) is 4.98 Å². The fourth-order valence-corrected chi connectivity index (χ4v) is 2.88. The lowest BCUT2D eigenvalue weighted by Crippen LogP contribution is -2.23. The second kappa shape index (κ2) is 6.24. The van der Waals surface area contributed by atoms with Crippen molar-refractivity contribution in [2.75, 3.05) is 36.9 Å². The normalized spacial score (nSPS) is 19.0. The minimum absolute atomic E-state index is 0.442. The predicted octanol–water partition coefficient (Wildman–Crippen LogP) is 1.67. The molecule has 6 nitrogen and oxygen atoms in total. The number of nitrogens with two attached hydrogens (primary N) is 1. The Hall–Kier alpha value is -1.92. The van der Waals surface area contributed by atoms with E-state index in [-0.39, 0.29) is 0 Å². The summed E-state index contributed by atoms with van der Waals surface area (Å²) in [6.45, 7) is 6.64. The van der Waals surface area contributed by atoms with Crippen LogP contribution in [0.3, 0.4) is 0 Å². The number of nitrogens with zero attached hydrogens (tertiary/aromatic N) is 3. The molecule has 0 bridgehead atoms. The summed E-state index contributed by atoms with van der Waals surface area (Å²) in [6, 6.07) is 7.97. The van der Waals surface area contributed by atoms with E-state index in [0.29, 0.717) is 11.9 Å². The van der Waals surface area contributed by atoms with Crippen LogP contribution in [-0.2, 0) is 0 Å². The lowest BCUT2D eigenvalue weighted by atomic mass is 10.1. The molecule has 0 amide bonds. The number of para-hydroxylation sites is 1. The Bertz CT molecular complexity index is 614. The summed E-state index contributed by atoms with van der Waals surface area (Å²) in [5.41, 5.74) is 3.43. The van der Waals surface area contributed by atoms with E-state index < -0.39 is 0 Å². The van der Waals surface area contributed by atoms with Crippen molar-refractivity contribution in [3.8, 4) is 0 Å². The van der Waals surface area contributed by atoms with Gasteiger partial charge in [0.15, 0.2) is 0 Å². The van der Waals surface area contributed by atoms with E-state index in [1.165, 1.54) is 13.0 Å². The van der Waals surface area contributed by atoms with Gasteiger partial charge in [0.25, 0.3) is 0 Å². The van der Waals surface area contributed by atoms with Gasteiger partial charge in [0, 0.05) is 18.5 Å². The molecular formula is C15H22N6. The standard InChI is InChI=1S/C15H22N6/c1-2-21-8-7-11(10-21)9-17-14-12-5-3-4-6-13(12)18-15(19-14)20-16/h3-6,11H,2,7-10,16H2,1H3,(H2,17,18,19,20). The van der Waals surface area contributed by atoms with Gasteiger partial charge in [-0.3, -0.25) is 5.43 Å². The van der Waals surface area contributed by atoms with Crippen LogP contribution in [0.15, 0.2) is 24.3 Å². The van der Waals surface area contributed by atoms with Crippen molar-refractivity contribution in [1.29, 1.82) is 0 Å². The van der Waals surface area contributed by atoms with E-state index in [4.69, 9.17) is 5.84 Å². The zero-order valence-corrected chi connectivity index (χ0v) is 12.3. The van der Waals surface area contributed by atoms with Crippen molar-refractivity contribution in [1.82, 2.24) is 14.9 Å². The van der Waals surface area contributed by atoms with Crippen molar-refractivity contribution in [2.45, 2.75) is 13.3 Å². The van der Waals surface area contributed by atoms with Crippen molar-refractivity contribution >= 4 is 22.7 Å². The maximum Gasteiger partial charge on any atom is 0.239 e. The van der Waals surface area contributed by atoms with Crippen LogP contribution in [0.25, 0.3) is 10.9 Å². The van der Waals surface area contributed by atoms with Gasteiger partial charge in [-0.25, -0.2) is 10.8 Å². The van der Waals surface area contributed by atoms with Gasteiger partial charge in [-0.1, -0.05) is 19.1 Å². The average molecular weight is 286 g/mol. The van der Waals surface area contributed by atoms with Crippen molar-refractivity contribution in [2.24, 2.45) is 11.8 Å². The molecular weight excluding hydrogens is 264 g/mol. The molecule has 0 spiro atoms. The highest BCUT2D eigenvalue weighted by Gasteiger charge is 2.21. The number of nitrogen functional groups attached to an aromatic ring is 1. The Balaban J connectivity index is 1.77. The molecule has 4 N–H and O–H groups in total. The average Bonchev–Trinajstić information content (AvgIpc) is 3.00. The number of nitrogens with one attached hydrogen (secondary N) is 2. The van der Waals surface area contributed by atoms with Crippen LogP contribution in [0, 0.1) is 5.92 Å². The molecule has 2 heterocycles. The number of hydrazine groups is 1. The molecule has 1 saturated heterocycles. The molecule has 2 aromatic rings. The maximum atomic E-state index is 5.45. The van der Waals surface area contributed by atoms with Crippen LogP contribution in [-0.4, -0.2) is 41.0 Å². The topological polar surface area (TPSA) is 79.1 Å². The zero-order chi connectivity index (χ0) is 14.7. The number of fused-ring (bicyclic) bond motifs is 1. The van der Waals surface area contributed by atoms with E-state index in [9.17, 15) is 0 Å². The summed E-state index contributed by atoms with van der Waals surface area (Å²) in [7, 11) is 0. The molecule has 1 aromatic carbocycles. The van der Waals surface area contributed by atoms with Crippen LogP contribution in [0.2, 0.25) is 0 Å². The largest absolute Gasteiger partial charge is 0.369 e. The third-order valence-electron chi connectivity index (χ3n) is 4.11. The minimum Gasteiger partial charge on any atom is -0.369 e. The summed E-state index contributed by atoms with van der Waals surface area (Å²) in [6.07, 6.45) is 1.24. The van der Waals surface area contributed by atoms with Crippen molar-refractivity contribution in [3.63, 3.8) is 0 Å². The van der Waals surface area contributed by atoms with Gasteiger partial charge in [0.2, 0.25) is 5.95 Å². The molecule has 3 rings (SSSR count). The number of aromatic nitrogens is 2. The maximum absolute atomic E-state index is 5.45. The smallest absolute Gasteiger partial charge is 0.239 e. The first-order valence-corrected chi connectivity index (χ1v) is 7.49. The SMILES string of the molecule is CCN1CCC(CNc2nc(NN)nc3ccccc23)C1. The Morgan fingerprint density at radius 2 is 2.19 bits per heavy atom. The number of anilines is 2. The number of rotatable bonds is 5. The first-order valence-electron chi connectivity index (χ1n) is 7.49. The lowest BCUT2D eigenvalue weighted by Gasteiger charge is -2.15. The molecule has 6 heteroatoms. The quantitative estimate of drug-likeness (QED) is 0.573. The van der Waals surface area contributed by atoms with E-state index in [0.717, 1.165) is 36.4 Å². The van der Waals surface area contributed by atoms with Crippen LogP contribution in [0.5, 0.6) is 0 Å². The second-order valence-corrected chi connectivity index (χ2v) is 5.49. The Kier molecular flexibility index (Phi) is 4.17. The van der Waals surface area contributed by atoms with Gasteiger partial charge in [0.1, 0.15) is 5.82 Å². The Morgan fingerprint density at radius 3 is 2.95 bits per heavy atom. The third kappa shape index (κ3) is 3.06. The molecule has 0 saturated carbocycles. The highest BCUT2D eigenvalue weighted by atomic mass is 15.3. The van der Waals surface area contributed by atoms with Crippen LogP contribution >= 0.6 is 0 Å². The Labute approximate surface area is 124 Å². The van der Waals surface area contributed by atoms with Gasteiger partial charge in [-0.05, 0) is 37.6 Å². The third-order valence-corrected chi connectivity index (χ3v) is 4.11. The van der Waals surface area contributed by atoms with E-state index in [2.05, 4.69) is 32.5 Å². The fraction of sp³-hybridized carbons (Fsp3) is 0.467. The molecule has 112 valence electrons. The summed E-state index contributed by atoms with van der Waals surface area (Å²) in [4.78, 5) is 11.3. The fourth-order valence-electron chi connectivity index (χ4n) is 2.88. The van der Waals surface area contributed by atoms with Gasteiger partial charge < -0.3 is 10.2 Å². The van der Waals surface area contributed by atoms with Gasteiger partial charge in [-0.15, -0.1) is 0 Å². The van der Waals surface area contributed by atoms with Gasteiger partial charge >= 0.3 is 0 Å². The molecule has 1 unspecified atom stereocenters. The molecule has 0 radical (unpaired) electrons. The van der Waals surface area contributed by atoms with E-state index in [1.807, 2.05) is 24.3 Å². The monoisotopic (exact) mass is 286 g/mol. The molecule has 0 aliphatic carbocycles. The van der Waals surface area contributed by atoms with Crippen LogP contribution < -0.4 is 16.6 Å². The molecule has 1 atom stereocenters. The number of hydrogen-bond acceptors (Lipinski definition) is 6. The highest BCUT2D eigenvalue weighted by molar-refractivity contribution is 5.89. The lowest BCUT2D eigenvalue weighted by molar-refractivity contribution is 0.345. The molecule has 1 aliphatic rings. The Morgan fingerprint density at radius 1 is 1.33 bits per heavy atom. The first kappa shape index (κ1) is 14.0. The molecule has 21 heavy (non-hydrogen) atoms. The van der Waals surface area contributed by atoms with E-state index >= 15 is 0 Å². The van der Waals surface area contributed by atoms with Crippen molar-refractivity contribution < 1.29 is 0 Å². The van der Waals surface area contributed by atoms with Crippen LogP contribution in [0.4, 0.5) is 11.8 Å². The summed E-state index contributed by atoms with van der Waals surface area (Å²) in [5.74, 6) is 7.42. The number of likely N-dealkylation sites (tertiary alicyclic amines) is 1. The number of benzene rings is 1. The summed E-state index contributed by atoms with van der Waals surface area (Å²) in [5, 5.41) is 4.51.